The molecular formula is C28H23ClN4O5. The van der Waals surface area contributed by atoms with Crippen molar-refractivity contribution in [2.75, 3.05) is 24.4 Å². The summed E-state index contributed by atoms with van der Waals surface area (Å²) in [5.74, 6) is -0.323. The van der Waals surface area contributed by atoms with Gasteiger partial charge in [0.25, 0.3) is 0 Å². The number of phenolic OH excluding ortho intramolecular Hbond substituents is 1. The van der Waals surface area contributed by atoms with Crippen LogP contribution in [0.25, 0.3) is 16.8 Å². The summed E-state index contributed by atoms with van der Waals surface area (Å²) in [6, 6.07) is 21.3. The Morgan fingerprint density at radius 3 is 2.39 bits per heavy atom. The van der Waals surface area contributed by atoms with Gasteiger partial charge in [-0.2, -0.15) is 5.26 Å². The molecular weight excluding hydrogens is 508 g/mol. The van der Waals surface area contributed by atoms with Crippen molar-refractivity contribution in [3.05, 3.63) is 89.2 Å². The average Bonchev–Trinajstić information content (AvgIpc) is 3.24. The van der Waals surface area contributed by atoms with Crippen molar-refractivity contribution < 1.29 is 24.2 Å². The van der Waals surface area contributed by atoms with E-state index in [2.05, 4.69) is 10.6 Å². The van der Waals surface area contributed by atoms with Crippen LogP contribution in [-0.2, 0) is 4.74 Å². The minimum Gasteiger partial charge on any atom is -0.504 e. The fraction of sp³-hybridized carbons (Fsp3) is 0.107. The first-order chi connectivity index (χ1) is 18.4. The molecule has 9 nitrogen and oxygen atoms in total. The average molecular weight is 531 g/mol. The number of phenols is 1. The standard InChI is InChI=1S/C28H23ClN4O5/c1-3-38-27(35)25-22(32-28(36)31-19-11-7-17(16-30)8-12-19)15-24(29)33(25)20-13-9-18(10-14-20)21-5-4-6-23(37-2)26(21)34/h4-15,34H,3H2,1-2H3,(H2,31,32,36). The molecule has 3 N–H and O–H groups in total. The molecule has 1 heterocycles. The Bertz CT molecular complexity index is 1520. The van der Waals surface area contributed by atoms with E-state index in [0.717, 1.165) is 0 Å². The number of aromatic nitrogens is 1. The molecule has 2 amide bonds. The van der Waals surface area contributed by atoms with Gasteiger partial charge in [-0.25, -0.2) is 9.59 Å². The normalized spacial score (nSPS) is 10.4. The first-order valence-electron chi connectivity index (χ1n) is 11.5. The first kappa shape index (κ1) is 26.1. The van der Waals surface area contributed by atoms with Crippen LogP contribution < -0.4 is 15.4 Å². The van der Waals surface area contributed by atoms with Gasteiger partial charge >= 0.3 is 12.0 Å². The zero-order valence-corrected chi connectivity index (χ0v) is 21.2. The van der Waals surface area contributed by atoms with E-state index in [9.17, 15) is 14.7 Å². The van der Waals surface area contributed by atoms with Gasteiger partial charge in [0.05, 0.1) is 31.0 Å². The predicted molar refractivity (Wildman–Crippen MR) is 144 cm³/mol. The van der Waals surface area contributed by atoms with Gasteiger partial charge in [-0.05, 0) is 55.0 Å². The Labute approximate surface area is 223 Å². The number of esters is 1. The molecule has 0 aliphatic heterocycles. The number of nitrogens with zero attached hydrogens (tertiary/aromatic N) is 2. The van der Waals surface area contributed by atoms with E-state index in [-0.39, 0.29) is 28.9 Å². The maximum atomic E-state index is 12.9. The summed E-state index contributed by atoms with van der Waals surface area (Å²) in [6.07, 6.45) is 0. The van der Waals surface area contributed by atoms with Crippen LogP contribution in [-0.4, -0.2) is 35.4 Å². The van der Waals surface area contributed by atoms with E-state index in [1.807, 2.05) is 6.07 Å². The van der Waals surface area contributed by atoms with E-state index < -0.39 is 12.0 Å². The van der Waals surface area contributed by atoms with Crippen LogP contribution in [0.3, 0.4) is 0 Å². The highest BCUT2D eigenvalue weighted by atomic mass is 35.5. The van der Waals surface area contributed by atoms with Crippen LogP contribution in [0, 0.1) is 11.3 Å². The number of amides is 2. The molecule has 10 heteroatoms. The second-order valence-electron chi connectivity index (χ2n) is 7.96. The molecule has 4 rings (SSSR count). The van der Waals surface area contributed by atoms with E-state index in [1.165, 1.54) is 17.7 Å². The fourth-order valence-electron chi connectivity index (χ4n) is 3.85. The predicted octanol–water partition coefficient (Wildman–Crippen LogP) is 6.20. The SMILES string of the molecule is CCOC(=O)c1c(NC(=O)Nc2ccc(C#N)cc2)cc(Cl)n1-c1ccc(-c2cccc(OC)c2O)cc1. The number of urea groups is 1. The lowest BCUT2D eigenvalue weighted by molar-refractivity contribution is 0.0518. The van der Waals surface area contributed by atoms with Gasteiger partial charge in [-0.3, -0.25) is 4.57 Å². The second kappa shape index (κ2) is 11.4. The topological polar surface area (TPSA) is 126 Å². The highest BCUT2D eigenvalue weighted by Gasteiger charge is 2.24. The number of halogens is 1. The summed E-state index contributed by atoms with van der Waals surface area (Å²) < 4.78 is 11.9. The molecule has 192 valence electrons. The van der Waals surface area contributed by atoms with Crippen LogP contribution >= 0.6 is 11.6 Å². The van der Waals surface area contributed by atoms with Crippen LogP contribution in [0.15, 0.2) is 72.8 Å². The summed E-state index contributed by atoms with van der Waals surface area (Å²) >= 11 is 6.52. The first-order valence-corrected chi connectivity index (χ1v) is 11.9. The van der Waals surface area contributed by atoms with Crippen LogP contribution in [0.5, 0.6) is 11.5 Å². The van der Waals surface area contributed by atoms with Crippen molar-refractivity contribution >= 4 is 35.0 Å². The maximum Gasteiger partial charge on any atom is 0.357 e. The number of hydrogen-bond acceptors (Lipinski definition) is 6. The Morgan fingerprint density at radius 1 is 1.05 bits per heavy atom. The van der Waals surface area contributed by atoms with Crippen molar-refractivity contribution in [3.8, 4) is 34.4 Å². The van der Waals surface area contributed by atoms with Crippen molar-refractivity contribution in [3.63, 3.8) is 0 Å². The van der Waals surface area contributed by atoms with E-state index >= 15 is 0 Å². The molecule has 0 radical (unpaired) electrons. The number of nitriles is 1. The quantitative estimate of drug-likeness (QED) is 0.244. The van der Waals surface area contributed by atoms with Crippen molar-refractivity contribution in [2.45, 2.75) is 6.92 Å². The Morgan fingerprint density at radius 2 is 1.76 bits per heavy atom. The maximum absolute atomic E-state index is 12.9. The molecule has 3 aromatic carbocycles. The third-order valence-electron chi connectivity index (χ3n) is 5.60. The Balaban J connectivity index is 1.66. The summed E-state index contributed by atoms with van der Waals surface area (Å²) in [5.41, 5.74) is 2.91. The van der Waals surface area contributed by atoms with Gasteiger partial charge in [-0.15, -0.1) is 0 Å². The number of nitrogens with one attached hydrogen (secondary N) is 2. The van der Waals surface area contributed by atoms with Gasteiger partial charge in [-0.1, -0.05) is 35.9 Å². The number of hydrogen-bond donors (Lipinski definition) is 3. The molecule has 0 aliphatic carbocycles. The molecule has 0 bridgehead atoms. The lowest BCUT2D eigenvalue weighted by atomic mass is 10.0. The van der Waals surface area contributed by atoms with Crippen LogP contribution in [0.4, 0.5) is 16.2 Å². The van der Waals surface area contributed by atoms with Crippen molar-refractivity contribution in [1.29, 1.82) is 5.26 Å². The summed E-state index contributed by atoms with van der Waals surface area (Å²) in [4.78, 5) is 25.6. The number of aromatic hydroxyl groups is 1. The number of carbonyl (C=O) groups excluding carboxylic acids is 2. The molecule has 0 unspecified atom stereocenters. The van der Waals surface area contributed by atoms with E-state index in [0.29, 0.717) is 33.8 Å². The zero-order valence-electron chi connectivity index (χ0n) is 20.5. The molecule has 0 spiro atoms. The lowest BCUT2D eigenvalue weighted by Gasteiger charge is -2.14. The van der Waals surface area contributed by atoms with Crippen LogP contribution in [0.1, 0.15) is 23.0 Å². The third-order valence-corrected chi connectivity index (χ3v) is 5.88. The molecule has 0 atom stereocenters. The largest absolute Gasteiger partial charge is 0.504 e. The van der Waals surface area contributed by atoms with Crippen LogP contribution in [0.2, 0.25) is 5.15 Å². The van der Waals surface area contributed by atoms with Gasteiger partial charge in [0.15, 0.2) is 17.2 Å². The number of methoxy groups -OCH3 is 1. The minimum atomic E-state index is -0.678. The monoisotopic (exact) mass is 530 g/mol. The number of ether oxygens (including phenoxy) is 2. The summed E-state index contributed by atoms with van der Waals surface area (Å²) in [7, 11) is 1.48. The van der Waals surface area contributed by atoms with Crippen molar-refractivity contribution in [2.24, 2.45) is 0 Å². The van der Waals surface area contributed by atoms with Crippen molar-refractivity contribution in [1.82, 2.24) is 4.57 Å². The Hall–Kier alpha value is -4.94. The number of rotatable bonds is 7. The van der Waals surface area contributed by atoms with E-state index in [4.69, 9.17) is 26.3 Å². The summed E-state index contributed by atoms with van der Waals surface area (Å²) in [5, 5.41) is 24.9. The molecule has 0 aliphatic rings. The number of benzene rings is 3. The minimum absolute atomic E-state index is 0.00808. The Kier molecular flexibility index (Phi) is 7.85. The molecule has 1 aromatic heterocycles. The highest BCUT2D eigenvalue weighted by molar-refractivity contribution is 6.31. The highest BCUT2D eigenvalue weighted by Crippen LogP contribution is 2.37. The molecule has 0 saturated heterocycles. The van der Waals surface area contributed by atoms with E-state index in [1.54, 1.807) is 73.7 Å². The smallest absolute Gasteiger partial charge is 0.357 e. The van der Waals surface area contributed by atoms with Gasteiger partial charge in [0, 0.05) is 23.0 Å². The molecule has 0 fully saturated rings. The number of anilines is 2. The number of carbonyl (C=O) groups is 2. The molecule has 4 aromatic rings. The second-order valence-corrected chi connectivity index (χ2v) is 8.34. The third kappa shape index (κ3) is 5.40. The molecule has 0 saturated carbocycles. The zero-order chi connectivity index (χ0) is 27.2. The van der Waals surface area contributed by atoms with Gasteiger partial charge in [0.2, 0.25) is 0 Å². The van der Waals surface area contributed by atoms with Gasteiger partial charge in [0.1, 0.15) is 5.15 Å². The van der Waals surface area contributed by atoms with Gasteiger partial charge < -0.3 is 25.2 Å². The molecule has 38 heavy (non-hydrogen) atoms. The fourth-order valence-corrected chi connectivity index (χ4v) is 4.14. The lowest BCUT2D eigenvalue weighted by Crippen LogP contribution is -2.21. The number of para-hydroxylation sites is 1. The summed E-state index contributed by atoms with van der Waals surface area (Å²) in [6.45, 7) is 1.79.